The van der Waals surface area contributed by atoms with Gasteiger partial charge in [-0.1, -0.05) is 6.92 Å². The molecule has 0 fully saturated rings. The summed E-state index contributed by atoms with van der Waals surface area (Å²) in [7, 11) is -3.97. The molecule has 0 aromatic heterocycles. The van der Waals surface area contributed by atoms with Crippen molar-refractivity contribution >= 4 is 10.1 Å². The summed E-state index contributed by atoms with van der Waals surface area (Å²) in [4.78, 5) is 0. The van der Waals surface area contributed by atoms with Crippen LogP contribution < -0.4 is 11.5 Å². The minimum Gasteiger partial charge on any atom is -0.391 e. The van der Waals surface area contributed by atoms with Crippen molar-refractivity contribution in [2.24, 2.45) is 11.5 Å². The van der Waals surface area contributed by atoms with Crippen LogP contribution in [0.1, 0.15) is 20.3 Å². The summed E-state index contributed by atoms with van der Waals surface area (Å²) in [6.45, 7) is 2.94. The van der Waals surface area contributed by atoms with Gasteiger partial charge in [-0.15, -0.1) is 0 Å². The highest BCUT2D eigenvalue weighted by Crippen LogP contribution is 2.06. The number of hydrogen-bond acceptors (Lipinski definition) is 6. The molecule has 0 saturated heterocycles. The topological polar surface area (TPSA) is 116 Å². The molecule has 0 spiro atoms. The standard InChI is InChI=1S/C6H16N2O4S/c1-3-5(7)12-13(10,11)6(8)4(2)9/h4-6,9H,3,7-8H2,1-2H3. The lowest BCUT2D eigenvalue weighted by molar-refractivity contribution is 0.165. The maximum absolute atomic E-state index is 11.2. The fraction of sp³-hybridized carbons (Fsp3) is 1.00. The van der Waals surface area contributed by atoms with E-state index in [1.807, 2.05) is 0 Å². The van der Waals surface area contributed by atoms with E-state index in [0.717, 1.165) is 0 Å². The second-order valence-electron chi connectivity index (χ2n) is 2.74. The average Bonchev–Trinajstić information content (AvgIpc) is 2.01. The number of nitrogens with two attached hydrogens (primary N) is 2. The summed E-state index contributed by atoms with van der Waals surface area (Å²) in [5, 5.41) is 7.46. The van der Waals surface area contributed by atoms with Crippen LogP contribution in [0.4, 0.5) is 0 Å². The number of hydrogen-bond donors (Lipinski definition) is 3. The van der Waals surface area contributed by atoms with Gasteiger partial charge in [0.2, 0.25) is 0 Å². The fourth-order valence-corrected chi connectivity index (χ4v) is 1.64. The second-order valence-corrected chi connectivity index (χ2v) is 4.46. The van der Waals surface area contributed by atoms with Crippen molar-refractivity contribution in [1.29, 1.82) is 0 Å². The lowest BCUT2D eigenvalue weighted by Crippen LogP contribution is -2.43. The summed E-state index contributed by atoms with van der Waals surface area (Å²) in [6.07, 6.45) is -1.74. The van der Waals surface area contributed by atoms with Crippen LogP contribution in [-0.4, -0.2) is 31.2 Å². The van der Waals surface area contributed by atoms with E-state index in [-0.39, 0.29) is 0 Å². The Morgan fingerprint density at radius 2 is 1.92 bits per heavy atom. The van der Waals surface area contributed by atoms with Gasteiger partial charge in [0.05, 0.1) is 6.10 Å². The number of aliphatic hydroxyl groups excluding tert-OH is 1. The summed E-state index contributed by atoms with van der Waals surface area (Å²) in [6, 6.07) is 0. The highest BCUT2D eigenvalue weighted by Gasteiger charge is 2.28. The molecule has 3 unspecified atom stereocenters. The van der Waals surface area contributed by atoms with Gasteiger partial charge in [0.25, 0.3) is 10.1 Å². The SMILES string of the molecule is CCC(N)OS(=O)(=O)C(N)C(C)O. The van der Waals surface area contributed by atoms with Crippen LogP contribution in [0.2, 0.25) is 0 Å². The molecule has 0 aromatic carbocycles. The molecule has 0 saturated carbocycles. The zero-order valence-electron chi connectivity index (χ0n) is 7.67. The van der Waals surface area contributed by atoms with E-state index in [4.69, 9.17) is 16.6 Å². The molecule has 13 heavy (non-hydrogen) atoms. The molecule has 0 heterocycles. The molecule has 0 radical (unpaired) electrons. The summed E-state index contributed by atoms with van der Waals surface area (Å²) >= 11 is 0. The van der Waals surface area contributed by atoms with Crippen molar-refractivity contribution in [3.05, 3.63) is 0 Å². The zero-order chi connectivity index (χ0) is 10.6. The third kappa shape index (κ3) is 4.01. The van der Waals surface area contributed by atoms with E-state index in [1.54, 1.807) is 6.92 Å². The monoisotopic (exact) mass is 212 g/mol. The van der Waals surface area contributed by atoms with Gasteiger partial charge in [0.15, 0.2) is 5.37 Å². The van der Waals surface area contributed by atoms with Gasteiger partial charge in [0.1, 0.15) is 6.23 Å². The van der Waals surface area contributed by atoms with Gasteiger partial charge in [-0.05, 0) is 13.3 Å². The third-order valence-corrected chi connectivity index (χ3v) is 3.04. The molecule has 0 aliphatic heterocycles. The van der Waals surface area contributed by atoms with Gasteiger partial charge >= 0.3 is 0 Å². The van der Waals surface area contributed by atoms with Gasteiger partial charge in [0, 0.05) is 0 Å². The molecular formula is C6H16N2O4S. The van der Waals surface area contributed by atoms with E-state index in [1.165, 1.54) is 6.92 Å². The summed E-state index contributed by atoms with van der Waals surface area (Å²) in [5.41, 5.74) is 10.4. The Morgan fingerprint density at radius 3 is 2.23 bits per heavy atom. The third-order valence-electron chi connectivity index (χ3n) is 1.47. The molecule has 0 amide bonds. The molecule has 0 rings (SSSR count). The molecule has 7 heteroatoms. The molecule has 80 valence electrons. The van der Waals surface area contributed by atoms with Crippen molar-refractivity contribution < 1.29 is 17.7 Å². The molecule has 3 atom stereocenters. The Bertz CT molecular complexity index is 239. The lowest BCUT2D eigenvalue weighted by atomic mass is 10.4. The Balaban J connectivity index is 4.41. The predicted molar refractivity (Wildman–Crippen MR) is 47.9 cm³/mol. The van der Waals surface area contributed by atoms with Crippen LogP contribution in [-0.2, 0) is 14.3 Å². The molecule has 0 aliphatic rings. The normalized spacial score (nSPS) is 19.5. The van der Waals surface area contributed by atoms with Gasteiger partial charge in [-0.25, -0.2) is 4.18 Å². The fourth-order valence-electron chi connectivity index (χ4n) is 0.546. The number of rotatable bonds is 5. The summed E-state index contributed by atoms with van der Waals surface area (Å²) < 4.78 is 26.8. The molecular weight excluding hydrogens is 196 g/mol. The van der Waals surface area contributed by atoms with Crippen LogP contribution in [0.3, 0.4) is 0 Å². The van der Waals surface area contributed by atoms with E-state index >= 15 is 0 Å². The largest absolute Gasteiger partial charge is 0.391 e. The Kier molecular flexibility index (Phi) is 4.79. The van der Waals surface area contributed by atoms with Gasteiger partial charge in [-0.2, -0.15) is 8.42 Å². The lowest BCUT2D eigenvalue weighted by Gasteiger charge is -2.17. The van der Waals surface area contributed by atoms with Crippen molar-refractivity contribution in [2.75, 3.05) is 0 Å². The van der Waals surface area contributed by atoms with E-state index in [0.29, 0.717) is 6.42 Å². The first kappa shape index (κ1) is 12.8. The van der Waals surface area contributed by atoms with Crippen molar-refractivity contribution in [3.8, 4) is 0 Å². The van der Waals surface area contributed by atoms with E-state index in [2.05, 4.69) is 4.18 Å². The first-order valence-corrected chi connectivity index (χ1v) is 5.39. The zero-order valence-corrected chi connectivity index (χ0v) is 8.49. The van der Waals surface area contributed by atoms with Gasteiger partial charge < -0.3 is 16.6 Å². The van der Waals surface area contributed by atoms with Gasteiger partial charge in [-0.3, -0.25) is 0 Å². The Labute approximate surface area is 78.0 Å². The predicted octanol–water partition coefficient (Wildman–Crippen LogP) is -1.31. The van der Waals surface area contributed by atoms with Crippen molar-refractivity contribution in [3.63, 3.8) is 0 Å². The highest BCUT2D eigenvalue weighted by molar-refractivity contribution is 7.87. The first-order chi connectivity index (χ1) is 5.81. The maximum Gasteiger partial charge on any atom is 0.287 e. The van der Waals surface area contributed by atoms with Crippen molar-refractivity contribution in [2.45, 2.75) is 38.0 Å². The minimum absolute atomic E-state index is 0.353. The Hall–Kier alpha value is -0.210. The highest BCUT2D eigenvalue weighted by atomic mass is 32.2. The van der Waals surface area contributed by atoms with Crippen LogP contribution in [0.5, 0.6) is 0 Å². The quantitative estimate of drug-likeness (QED) is 0.385. The Morgan fingerprint density at radius 1 is 1.46 bits per heavy atom. The van der Waals surface area contributed by atoms with E-state index < -0.39 is 27.8 Å². The van der Waals surface area contributed by atoms with Crippen LogP contribution in [0.25, 0.3) is 0 Å². The van der Waals surface area contributed by atoms with E-state index in [9.17, 15) is 8.42 Å². The smallest absolute Gasteiger partial charge is 0.287 e. The maximum atomic E-state index is 11.2. The van der Waals surface area contributed by atoms with Crippen LogP contribution in [0.15, 0.2) is 0 Å². The first-order valence-electron chi connectivity index (χ1n) is 3.92. The van der Waals surface area contributed by atoms with Crippen molar-refractivity contribution in [1.82, 2.24) is 0 Å². The molecule has 0 bridgehead atoms. The molecule has 0 aliphatic carbocycles. The average molecular weight is 212 g/mol. The molecule has 5 N–H and O–H groups in total. The minimum atomic E-state index is -3.97. The molecule has 0 aromatic rings. The summed E-state index contributed by atoms with van der Waals surface area (Å²) in [5.74, 6) is 0. The molecule has 6 nitrogen and oxygen atoms in total. The van der Waals surface area contributed by atoms with Crippen LogP contribution in [0, 0.1) is 0 Å². The number of aliphatic hydroxyl groups is 1. The van der Waals surface area contributed by atoms with Crippen LogP contribution >= 0.6 is 0 Å². The second kappa shape index (κ2) is 4.87.